The van der Waals surface area contributed by atoms with Crippen LogP contribution in [0.5, 0.6) is 0 Å². The van der Waals surface area contributed by atoms with Crippen LogP contribution in [0.4, 0.5) is 0 Å². The van der Waals surface area contributed by atoms with Crippen molar-refractivity contribution < 1.29 is 9.59 Å². The Labute approximate surface area is 184 Å². The molecule has 0 spiro atoms. The molecule has 6 nitrogen and oxygen atoms in total. The van der Waals surface area contributed by atoms with Crippen LogP contribution in [0.2, 0.25) is 0 Å². The van der Waals surface area contributed by atoms with Crippen LogP contribution in [0.3, 0.4) is 0 Å². The lowest BCUT2D eigenvalue weighted by atomic mass is 9.86. The lowest BCUT2D eigenvalue weighted by Crippen LogP contribution is -2.54. The Morgan fingerprint density at radius 3 is 2.50 bits per heavy atom. The summed E-state index contributed by atoms with van der Waals surface area (Å²) in [5.41, 5.74) is 8.77. The van der Waals surface area contributed by atoms with Gasteiger partial charge in [0.15, 0.2) is 0 Å². The molecule has 0 bridgehead atoms. The van der Waals surface area contributed by atoms with Crippen molar-refractivity contribution in [3.05, 3.63) is 41.1 Å². The number of rotatable bonds is 7. The van der Waals surface area contributed by atoms with Gasteiger partial charge in [-0.3, -0.25) is 14.6 Å². The molecule has 0 saturated carbocycles. The molecule has 7 heteroatoms. The van der Waals surface area contributed by atoms with Gasteiger partial charge in [0.25, 0.3) is 0 Å². The molecule has 0 aromatic heterocycles. The predicted molar refractivity (Wildman–Crippen MR) is 126 cm³/mol. The Morgan fingerprint density at radius 1 is 1.33 bits per heavy atom. The molecule has 1 aromatic rings. The predicted octanol–water partition coefficient (Wildman–Crippen LogP) is 3.42. The van der Waals surface area contributed by atoms with Crippen LogP contribution >= 0.6 is 11.8 Å². The molecule has 1 heterocycles. The van der Waals surface area contributed by atoms with E-state index in [9.17, 15) is 9.59 Å². The first-order chi connectivity index (χ1) is 14.1. The molecule has 30 heavy (non-hydrogen) atoms. The molecule has 1 aromatic carbocycles. The summed E-state index contributed by atoms with van der Waals surface area (Å²) in [7, 11) is 0. The summed E-state index contributed by atoms with van der Waals surface area (Å²) in [4.78, 5) is 32.3. The number of amides is 2. The minimum atomic E-state index is -0.620. The van der Waals surface area contributed by atoms with E-state index >= 15 is 0 Å². The Morgan fingerprint density at radius 2 is 1.97 bits per heavy atom. The van der Waals surface area contributed by atoms with Gasteiger partial charge in [-0.25, -0.2) is 0 Å². The van der Waals surface area contributed by atoms with Crippen LogP contribution in [-0.2, 0) is 16.1 Å². The second-order valence-corrected chi connectivity index (χ2v) is 9.54. The summed E-state index contributed by atoms with van der Waals surface area (Å²) in [6.07, 6.45) is 3.50. The summed E-state index contributed by atoms with van der Waals surface area (Å²) in [6.45, 7) is 12.3. The van der Waals surface area contributed by atoms with E-state index in [0.29, 0.717) is 19.5 Å². The fourth-order valence-electron chi connectivity index (χ4n) is 3.48. The normalized spacial score (nSPS) is 18.6. The van der Waals surface area contributed by atoms with Gasteiger partial charge in [0.1, 0.15) is 6.04 Å². The molecule has 0 aliphatic carbocycles. The summed E-state index contributed by atoms with van der Waals surface area (Å²) in [5.74, 6) is -0.269. The van der Waals surface area contributed by atoms with Crippen molar-refractivity contribution in [2.24, 2.45) is 16.1 Å². The van der Waals surface area contributed by atoms with Crippen molar-refractivity contribution in [1.82, 2.24) is 10.2 Å². The van der Waals surface area contributed by atoms with Crippen LogP contribution in [0.25, 0.3) is 4.91 Å². The number of nitrogens with one attached hydrogen (secondary N) is 1. The lowest BCUT2D eigenvalue weighted by molar-refractivity contribution is -0.141. The van der Waals surface area contributed by atoms with Crippen molar-refractivity contribution >= 4 is 35.2 Å². The highest BCUT2D eigenvalue weighted by atomic mass is 32.2. The highest BCUT2D eigenvalue weighted by Crippen LogP contribution is 2.29. The quantitative estimate of drug-likeness (QED) is 0.649. The van der Waals surface area contributed by atoms with E-state index < -0.39 is 12.1 Å². The standard InChI is InChI=1S/C23H34N4O2S/c1-15(25-5)19(30-6)17-11-9-16(10-12-17)14-26-21(28)18-8-7-13-27(18)22(29)20(24)23(2,3)4/h9-12,18,20H,5,7-8,13-14,24H2,1-4,6H3,(H,26,28)/b19-15-. The molecular formula is C23H34N4O2S. The number of hydrogen-bond donors (Lipinski definition) is 2. The SMILES string of the molecule is C=N/C(C)=C(\SC)c1ccc(CNC(=O)C2CCCN2C(=O)C(N)C(C)(C)C)cc1. The first-order valence-corrected chi connectivity index (χ1v) is 11.5. The molecule has 0 radical (unpaired) electrons. The summed E-state index contributed by atoms with van der Waals surface area (Å²) >= 11 is 1.63. The molecule has 1 saturated heterocycles. The van der Waals surface area contributed by atoms with E-state index in [0.717, 1.165) is 28.1 Å². The van der Waals surface area contributed by atoms with Gasteiger partial charge in [0, 0.05) is 18.0 Å². The van der Waals surface area contributed by atoms with Crippen molar-refractivity contribution in [2.45, 2.75) is 59.2 Å². The number of likely N-dealkylation sites (tertiary alicyclic amines) is 1. The molecule has 1 aliphatic rings. The molecular weight excluding hydrogens is 396 g/mol. The van der Waals surface area contributed by atoms with Crippen LogP contribution < -0.4 is 11.1 Å². The monoisotopic (exact) mass is 430 g/mol. The Bertz CT molecular complexity index is 811. The molecule has 2 amide bonds. The number of carbonyl (C=O) groups is 2. The fourth-order valence-corrected chi connectivity index (χ4v) is 4.21. The van der Waals surface area contributed by atoms with Gasteiger partial charge >= 0.3 is 0 Å². The van der Waals surface area contributed by atoms with E-state index in [4.69, 9.17) is 5.73 Å². The highest BCUT2D eigenvalue weighted by Gasteiger charge is 2.39. The number of hydrogen-bond acceptors (Lipinski definition) is 5. The molecule has 1 aliphatic heterocycles. The van der Waals surface area contributed by atoms with Crippen molar-refractivity contribution in [3.8, 4) is 0 Å². The number of carbonyl (C=O) groups excluding carboxylic acids is 2. The maximum atomic E-state index is 12.8. The van der Waals surface area contributed by atoms with Gasteiger partial charge in [-0.2, -0.15) is 0 Å². The van der Waals surface area contributed by atoms with Crippen LogP contribution in [-0.4, -0.2) is 48.3 Å². The number of nitrogens with two attached hydrogens (primary N) is 1. The molecule has 164 valence electrons. The number of thioether (sulfide) groups is 1. The third-order valence-corrected chi connectivity index (χ3v) is 6.43. The second-order valence-electron chi connectivity index (χ2n) is 8.72. The third-order valence-electron chi connectivity index (χ3n) is 5.49. The average molecular weight is 431 g/mol. The van der Waals surface area contributed by atoms with Crippen LogP contribution in [0.1, 0.15) is 51.7 Å². The van der Waals surface area contributed by atoms with E-state index in [1.165, 1.54) is 0 Å². The van der Waals surface area contributed by atoms with Crippen molar-refractivity contribution in [3.63, 3.8) is 0 Å². The Hall–Kier alpha value is -2.12. The fraction of sp³-hybridized carbons (Fsp3) is 0.522. The molecule has 2 atom stereocenters. The average Bonchev–Trinajstić information content (AvgIpc) is 3.21. The summed E-state index contributed by atoms with van der Waals surface area (Å²) < 4.78 is 0. The second kappa shape index (κ2) is 10.3. The van der Waals surface area contributed by atoms with Crippen molar-refractivity contribution in [1.29, 1.82) is 0 Å². The lowest BCUT2D eigenvalue weighted by Gasteiger charge is -2.32. The smallest absolute Gasteiger partial charge is 0.243 e. The molecule has 2 rings (SSSR count). The zero-order valence-corrected chi connectivity index (χ0v) is 19.5. The topological polar surface area (TPSA) is 87.8 Å². The maximum Gasteiger partial charge on any atom is 0.243 e. The number of nitrogens with zero attached hydrogens (tertiary/aromatic N) is 2. The van der Waals surface area contributed by atoms with E-state index in [1.807, 2.05) is 58.2 Å². The van der Waals surface area contributed by atoms with Gasteiger partial charge in [-0.05, 0) is 49.3 Å². The zero-order chi connectivity index (χ0) is 22.5. The van der Waals surface area contributed by atoms with Gasteiger partial charge < -0.3 is 16.0 Å². The molecule has 1 fully saturated rings. The minimum Gasteiger partial charge on any atom is -0.350 e. The largest absolute Gasteiger partial charge is 0.350 e. The third kappa shape index (κ3) is 5.73. The summed E-state index contributed by atoms with van der Waals surface area (Å²) in [5, 5.41) is 2.98. The molecule has 3 N–H and O–H groups in total. The van der Waals surface area contributed by atoms with Gasteiger partial charge in [0.2, 0.25) is 11.8 Å². The molecule has 2 unspecified atom stereocenters. The minimum absolute atomic E-state index is 0.123. The Kier molecular flexibility index (Phi) is 8.26. The van der Waals surface area contributed by atoms with Gasteiger partial charge in [0.05, 0.1) is 11.7 Å². The van der Waals surface area contributed by atoms with Gasteiger partial charge in [-0.1, -0.05) is 45.0 Å². The first-order valence-electron chi connectivity index (χ1n) is 10.2. The van der Waals surface area contributed by atoms with E-state index in [2.05, 4.69) is 17.0 Å². The van der Waals surface area contributed by atoms with Crippen LogP contribution in [0.15, 0.2) is 35.0 Å². The summed E-state index contributed by atoms with van der Waals surface area (Å²) in [6, 6.07) is 6.97. The maximum absolute atomic E-state index is 12.8. The van der Waals surface area contributed by atoms with E-state index in [-0.39, 0.29) is 17.2 Å². The zero-order valence-electron chi connectivity index (χ0n) is 18.7. The Balaban J connectivity index is 2.01. The van der Waals surface area contributed by atoms with Crippen molar-refractivity contribution in [2.75, 3.05) is 12.8 Å². The number of aliphatic imine (C=N–C) groups is 1. The van der Waals surface area contributed by atoms with Crippen LogP contribution in [0, 0.1) is 5.41 Å². The number of benzene rings is 1. The number of allylic oxidation sites excluding steroid dienone is 1. The van der Waals surface area contributed by atoms with Gasteiger partial charge in [-0.15, -0.1) is 11.8 Å². The van der Waals surface area contributed by atoms with E-state index in [1.54, 1.807) is 16.7 Å². The highest BCUT2D eigenvalue weighted by molar-refractivity contribution is 8.07. The first kappa shape index (κ1) is 24.2.